The lowest BCUT2D eigenvalue weighted by Gasteiger charge is -2.32. The Bertz CT molecular complexity index is 534. The molecule has 104 valence electrons. The summed E-state index contributed by atoms with van der Waals surface area (Å²) in [6.45, 7) is 2.13. The van der Waals surface area contributed by atoms with Crippen LogP contribution in [0.25, 0.3) is 11.4 Å². The zero-order valence-electron chi connectivity index (χ0n) is 11.7. The maximum Gasteiger partial charge on any atom is 0.151 e. The third-order valence-corrected chi connectivity index (χ3v) is 3.76. The lowest BCUT2D eigenvalue weighted by Crippen LogP contribution is -2.44. The Balaban J connectivity index is 1.75. The van der Waals surface area contributed by atoms with Crippen molar-refractivity contribution in [3.8, 4) is 11.4 Å². The van der Waals surface area contributed by atoms with E-state index in [1.165, 1.54) is 12.8 Å². The van der Waals surface area contributed by atoms with Gasteiger partial charge >= 0.3 is 0 Å². The molecule has 2 aromatic heterocycles. The number of pyridine rings is 1. The van der Waals surface area contributed by atoms with E-state index in [1.807, 2.05) is 30.3 Å². The molecule has 1 fully saturated rings. The number of hydrogen-bond donors (Lipinski definition) is 1. The predicted molar refractivity (Wildman–Crippen MR) is 79.6 cm³/mol. The Labute approximate surface area is 119 Å². The van der Waals surface area contributed by atoms with Gasteiger partial charge in [-0.25, -0.2) is 0 Å². The average molecular weight is 269 g/mol. The lowest BCUT2D eigenvalue weighted by atomic mass is 10.1. The first kappa shape index (κ1) is 13.0. The van der Waals surface area contributed by atoms with Crippen LogP contribution in [-0.4, -0.2) is 41.4 Å². The van der Waals surface area contributed by atoms with Gasteiger partial charge in [-0.15, -0.1) is 10.2 Å². The largest absolute Gasteiger partial charge is 0.354 e. The van der Waals surface area contributed by atoms with E-state index in [2.05, 4.69) is 32.4 Å². The second-order valence-corrected chi connectivity index (χ2v) is 5.10. The van der Waals surface area contributed by atoms with Crippen LogP contribution in [0.5, 0.6) is 0 Å². The minimum Gasteiger partial charge on any atom is -0.354 e. The molecule has 0 spiro atoms. The normalized spacial score (nSPS) is 18.8. The molecule has 0 aromatic carbocycles. The van der Waals surface area contributed by atoms with Crippen molar-refractivity contribution < 1.29 is 0 Å². The fraction of sp³-hybridized carbons (Fsp3) is 0.400. The number of nitrogens with one attached hydrogen (secondary N) is 1. The highest BCUT2D eigenvalue weighted by Gasteiger charge is 2.19. The van der Waals surface area contributed by atoms with Gasteiger partial charge in [-0.2, -0.15) is 0 Å². The van der Waals surface area contributed by atoms with Crippen molar-refractivity contribution in [1.82, 2.24) is 20.5 Å². The Kier molecular flexibility index (Phi) is 3.87. The first-order chi connectivity index (χ1) is 9.84. The van der Waals surface area contributed by atoms with Crippen molar-refractivity contribution >= 4 is 5.82 Å². The van der Waals surface area contributed by atoms with Crippen LogP contribution in [-0.2, 0) is 0 Å². The van der Waals surface area contributed by atoms with Crippen LogP contribution in [0.2, 0.25) is 0 Å². The van der Waals surface area contributed by atoms with Gasteiger partial charge < -0.3 is 10.2 Å². The summed E-state index contributed by atoms with van der Waals surface area (Å²) >= 11 is 0. The summed E-state index contributed by atoms with van der Waals surface area (Å²) in [5.41, 5.74) is 1.66. The SMILES string of the molecule is CN(c1ccc(-c2ccccn2)nn1)C1CCCNC1. The number of rotatable bonds is 3. The van der Waals surface area contributed by atoms with E-state index in [4.69, 9.17) is 0 Å². The van der Waals surface area contributed by atoms with Gasteiger partial charge in [-0.3, -0.25) is 4.98 Å². The van der Waals surface area contributed by atoms with E-state index >= 15 is 0 Å². The standard InChI is InChI=1S/C15H19N5/c1-20(12-5-4-9-16-11-12)15-8-7-14(18-19-15)13-6-2-3-10-17-13/h2-3,6-8,10,12,16H,4-5,9,11H2,1H3. The zero-order valence-corrected chi connectivity index (χ0v) is 11.7. The molecule has 0 bridgehead atoms. The number of nitrogens with zero attached hydrogens (tertiary/aromatic N) is 4. The van der Waals surface area contributed by atoms with E-state index in [-0.39, 0.29) is 0 Å². The minimum atomic E-state index is 0.499. The Morgan fingerprint density at radius 1 is 1.15 bits per heavy atom. The average Bonchev–Trinajstić information content (AvgIpc) is 2.56. The number of piperidine rings is 1. The topological polar surface area (TPSA) is 53.9 Å². The van der Waals surface area contributed by atoms with Gasteiger partial charge in [0.25, 0.3) is 0 Å². The number of hydrogen-bond acceptors (Lipinski definition) is 5. The molecule has 5 heteroatoms. The molecular formula is C15H19N5. The summed E-state index contributed by atoms with van der Waals surface area (Å²) in [7, 11) is 2.09. The fourth-order valence-electron chi connectivity index (χ4n) is 2.52. The van der Waals surface area contributed by atoms with Gasteiger partial charge in [0.1, 0.15) is 5.69 Å². The van der Waals surface area contributed by atoms with E-state index in [1.54, 1.807) is 6.20 Å². The molecule has 1 saturated heterocycles. The van der Waals surface area contributed by atoms with Crippen molar-refractivity contribution in [2.75, 3.05) is 25.0 Å². The number of likely N-dealkylation sites (N-methyl/N-ethyl adjacent to an activating group) is 1. The van der Waals surface area contributed by atoms with Crippen molar-refractivity contribution in [3.63, 3.8) is 0 Å². The Morgan fingerprint density at radius 3 is 2.75 bits per heavy atom. The molecule has 1 unspecified atom stereocenters. The lowest BCUT2D eigenvalue weighted by molar-refractivity contribution is 0.442. The predicted octanol–water partition coefficient (Wildman–Crippen LogP) is 1.73. The summed E-state index contributed by atoms with van der Waals surface area (Å²) in [5, 5.41) is 12.1. The molecule has 1 aliphatic heterocycles. The molecule has 0 aliphatic carbocycles. The monoisotopic (exact) mass is 269 g/mol. The highest BCUT2D eigenvalue weighted by Crippen LogP contribution is 2.18. The van der Waals surface area contributed by atoms with Gasteiger partial charge in [-0.05, 0) is 43.7 Å². The maximum atomic E-state index is 4.34. The summed E-state index contributed by atoms with van der Waals surface area (Å²) in [5.74, 6) is 0.915. The third-order valence-electron chi connectivity index (χ3n) is 3.76. The highest BCUT2D eigenvalue weighted by molar-refractivity contribution is 5.54. The summed E-state index contributed by atoms with van der Waals surface area (Å²) < 4.78 is 0. The molecule has 5 nitrogen and oxygen atoms in total. The molecule has 20 heavy (non-hydrogen) atoms. The molecule has 3 heterocycles. The molecule has 0 radical (unpaired) electrons. The van der Waals surface area contributed by atoms with E-state index < -0.39 is 0 Å². The van der Waals surface area contributed by atoms with Crippen molar-refractivity contribution in [3.05, 3.63) is 36.5 Å². The van der Waals surface area contributed by atoms with E-state index in [0.717, 1.165) is 30.3 Å². The summed E-state index contributed by atoms with van der Waals surface area (Å²) in [6.07, 6.45) is 4.19. The van der Waals surface area contributed by atoms with Crippen LogP contribution < -0.4 is 10.2 Å². The van der Waals surface area contributed by atoms with Crippen molar-refractivity contribution in [2.24, 2.45) is 0 Å². The molecule has 0 amide bonds. The smallest absolute Gasteiger partial charge is 0.151 e. The molecule has 1 N–H and O–H groups in total. The zero-order chi connectivity index (χ0) is 13.8. The molecule has 1 atom stereocenters. The molecule has 2 aromatic rings. The maximum absolute atomic E-state index is 4.34. The molecule has 1 aliphatic rings. The molecular weight excluding hydrogens is 250 g/mol. The third kappa shape index (κ3) is 2.77. The van der Waals surface area contributed by atoms with Crippen molar-refractivity contribution in [1.29, 1.82) is 0 Å². The van der Waals surface area contributed by atoms with E-state index in [9.17, 15) is 0 Å². The molecule has 0 saturated carbocycles. The van der Waals surface area contributed by atoms with Gasteiger partial charge in [0.2, 0.25) is 0 Å². The quantitative estimate of drug-likeness (QED) is 0.919. The first-order valence-corrected chi connectivity index (χ1v) is 7.03. The highest BCUT2D eigenvalue weighted by atomic mass is 15.3. The molecule has 3 rings (SSSR count). The van der Waals surface area contributed by atoms with Gasteiger partial charge in [0, 0.05) is 25.8 Å². The second kappa shape index (κ2) is 5.96. The Morgan fingerprint density at radius 2 is 2.10 bits per heavy atom. The van der Waals surface area contributed by atoms with Gasteiger partial charge in [0.15, 0.2) is 5.82 Å². The van der Waals surface area contributed by atoms with Crippen LogP contribution >= 0.6 is 0 Å². The van der Waals surface area contributed by atoms with Crippen LogP contribution in [0.15, 0.2) is 36.5 Å². The van der Waals surface area contributed by atoms with Crippen molar-refractivity contribution in [2.45, 2.75) is 18.9 Å². The number of aromatic nitrogens is 3. The van der Waals surface area contributed by atoms with Crippen LogP contribution in [0, 0.1) is 0 Å². The van der Waals surface area contributed by atoms with Crippen LogP contribution in [0.3, 0.4) is 0 Å². The van der Waals surface area contributed by atoms with E-state index in [0.29, 0.717) is 6.04 Å². The Hall–Kier alpha value is -2.01. The van der Waals surface area contributed by atoms with Gasteiger partial charge in [0.05, 0.1) is 5.69 Å². The van der Waals surface area contributed by atoms with Crippen LogP contribution in [0.1, 0.15) is 12.8 Å². The first-order valence-electron chi connectivity index (χ1n) is 7.03. The minimum absolute atomic E-state index is 0.499. The number of anilines is 1. The summed E-state index contributed by atoms with van der Waals surface area (Å²) in [6, 6.07) is 10.3. The van der Waals surface area contributed by atoms with Crippen LogP contribution in [0.4, 0.5) is 5.82 Å². The fourth-order valence-corrected chi connectivity index (χ4v) is 2.52. The summed E-state index contributed by atoms with van der Waals surface area (Å²) in [4.78, 5) is 6.50. The van der Waals surface area contributed by atoms with Gasteiger partial charge in [-0.1, -0.05) is 6.07 Å². The second-order valence-electron chi connectivity index (χ2n) is 5.10.